The fraction of sp³-hybridized carbons (Fsp3) is 0.875. The molecule has 5 heteroatoms. The Morgan fingerprint density at radius 1 is 1.38 bits per heavy atom. The van der Waals surface area contributed by atoms with Gasteiger partial charge in [0.05, 0.1) is 10.4 Å². The van der Waals surface area contributed by atoms with Crippen molar-refractivity contribution >= 4 is 23.1 Å². The largest absolute Gasteiger partial charge is 0.392 e. The third-order valence-electron chi connectivity index (χ3n) is 4.53. The Kier molecular flexibility index (Phi) is 7.60. The van der Waals surface area contributed by atoms with E-state index in [1.165, 1.54) is 12.8 Å². The maximum Gasteiger partial charge on any atom is 0.233 e. The molecule has 1 heterocycles. The number of piperidine rings is 1. The molecule has 1 rings (SSSR count). The van der Waals surface area contributed by atoms with Crippen LogP contribution in [-0.2, 0) is 4.79 Å². The molecule has 0 aromatic rings. The van der Waals surface area contributed by atoms with Crippen LogP contribution in [0.3, 0.4) is 0 Å². The molecular weight excluding hydrogens is 282 g/mol. The van der Waals surface area contributed by atoms with E-state index < -0.39 is 5.41 Å². The zero-order valence-electron chi connectivity index (χ0n) is 13.8. The van der Waals surface area contributed by atoms with E-state index in [-0.39, 0.29) is 5.91 Å². The number of amides is 1. The van der Waals surface area contributed by atoms with Crippen LogP contribution in [0.25, 0.3) is 0 Å². The number of thiocarbonyl (C=S) groups is 1. The first kappa shape index (κ1) is 18.4. The van der Waals surface area contributed by atoms with Crippen LogP contribution >= 0.6 is 12.2 Å². The second-order valence-electron chi connectivity index (χ2n) is 6.43. The van der Waals surface area contributed by atoms with Crippen LogP contribution in [-0.4, -0.2) is 42.5 Å². The number of nitrogens with one attached hydrogen (secondary N) is 1. The van der Waals surface area contributed by atoms with Crippen molar-refractivity contribution in [3.63, 3.8) is 0 Å². The third-order valence-corrected chi connectivity index (χ3v) is 4.92. The van der Waals surface area contributed by atoms with Crippen LogP contribution in [0.15, 0.2) is 0 Å². The quantitative estimate of drug-likeness (QED) is 0.675. The third kappa shape index (κ3) is 4.92. The van der Waals surface area contributed by atoms with E-state index in [1.807, 2.05) is 0 Å². The summed E-state index contributed by atoms with van der Waals surface area (Å²) in [4.78, 5) is 15.4. The predicted molar refractivity (Wildman–Crippen MR) is 92.3 cm³/mol. The summed E-state index contributed by atoms with van der Waals surface area (Å²) in [7, 11) is 2.14. The zero-order chi connectivity index (χ0) is 15.9. The SMILES string of the molecule is CCCC(CCC)(C(=O)NCC1CCCN(C)C1)C(N)=S. The van der Waals surface area contributed by atoms with Gasteiger partial charge in [0.1, 0.15) is 0 Å². The Hall–Kier alpha value is -0.680. The van der Waals surface area contributed by atoms with Crippen LogP contribution in [0.1, 0.15) is 52.4 Å². The van der Waals surface area contributed by atoms with E-state index in [2.05, 4.69) is 31.1 Å². The molecule has 1 fully saturated rings. The standard InChI is InChI=1S/C16H31N3OS/c1-4-8-16(9-5-2,14(17)21)15(20)18-11-13-7-6-10-19(3)12-13/h13H,4-12H2,1-3H3,(H2,17,21)(H,18,20). The van der Waals surface area contributed by atoms with Crippen molar-refractivity contribution in [2.75, 3.05) is 26.7 Å². The molecule has 1 amide bonds. The zero-order valence-corrected chi connectivity index (χ0v) is 14.6. The summed E-state index contributed by atoms with van der Waals surface area (Å²) in [6.45, 7) is 7.11. The van der Waals surface area contributed by atoms with Crippen molar-refractivity contribution in [3.8, 4) is 0 Å². The first-order chi connectivity index (χ1) is 9.96. The molecule has 1 saturated heterocycles. The second-order valence-corrected chi connectivity index (χ2v) is 6.87. The van der Waals surface area contributed by atoms with Gasteiger partial charge in [0.25, 0.3) is 0 Å². The number of hydrogen-bond acceptors (Lipinski definition) is 3. The predicted octanol–water partition coefficient (Wildman–Crippen LogP) is 2.32. The summed E-state index contributed by atoms with van der Waals surface area (Å²) in [6.07, 6.45) is 5.71. The maximum absolute atomic E-state index is 12.7. The summed E-state index contributed by atoms with van der Waals surface area (Å²) in [5.41, 5.74) is 5.28. The highest BCUT2D eigenvalue weighted by atomic mass is 32.1. The van der Waals surface area contributed by atoms with Gasteiger partial charge in [-0.1, -0.05) is 38.9 Å². The molecule has 21 heavy (non-hydrogen) atoms. The fourth-order valence-electron chi connectivity index (χ4n) is 3.41. The Morgan fingerprint density at radius 2 is 2.00 bits per heavy atom. The monoisotopic (exact) mass is 313 g/mol. The normalized spacial score (nSPS) is 20.2. The molecule has 0 bridgehead atoms. The molecule has 1 aliphatic rings. The minimum atomic E-state index is -0.653. The topological polar surface area (TPSA) is 58.4 Å². The summed E-state index contributed by atoms with van der Waals surface area (Å²) in [6, 6.07) is 0. The van der Waals surface area contributed by atoms with Crippen molar-refractivity contribution in [2.24, 2.45) is 17.1 Å². The van der Waals surface area contributed by atoms with Gasteiger partial charge in [0, 0.05) is 13.1 Å². The molecule has 0 radical (unpaired) electrons. The molecule has 1 atom stereocenters. The van der Waals surface area contributed by atoms with Gasteiger partial charge in [0.2, 0.25) is 5.91 Å². The minimum absolute atomic E-state index is 0.0342. The number of nitrogens with zero attached hydrogens (tertiary/aromatic N) is 1. The lowest BCUT2D eigenvalue weighted by Gasteiger charge is -2.33. The van der Waals surface area contributed by atoms with E-state index >= 15 is 0 Å². The van der Waals surface area contributed by atoms with E-state index in [0.29, 0.717) is 10.9 Å². The van der Waals surface area contributed by atoms with E-state index in [0.717, 1.165) is 45.3 Å². The van der Waals surface area contributed by atoms with Crippen LogP contribution in [0.2, 0.25) is 0 Å². The molecule has 1 unspecified atom stereocenters. The van der Waals surface area contributed by atoms with Gasteiger partial charge >= 0.3 is 0 Å². The number of nitrogens with two attached hydrogens (primary N) is 1. The lowest BCUT2D eigenvalue weighted by molar-refractivity contribution is -0.128. The Bertz CT molecular complexity index is 353. The average molecular weight is 314 g/mol. The molecular formula is C16H31N3OS. The van der Waals surface area contributed by atoms with Crippen molar-refractivity contribution < 1.29 is 4.79 Å². The van der Waals surface area contributed by atoms with Crippen molar-refractivity contribution in [3.05, 3.63) is 0 Å². The van der Waals surface area contributed by atoms with Crippen LogP contribution in [0.4, 0.5) is 0 Å². The van der Waals surface area contributed by atoms with Gasteiger partial charge < -0.3 is 16.0 Å². The Labute approximate surface area is 134 Å². The molecule has 0 aromatic carbocycles. The van der Waals surface area contributed by atoms with Crippen LogP contribution in [0, 0.1) is 11.3 Å². The van der Waals surface area contributed by atoms with Gasteiger partial charge in [-0.2, -0.15) is 0 Å². The van der Waals surface area contributed by atoms with E-state index in [9.17, 15) is 4.79 Å². The van der Waals surface area contributed by atoms with Gasteiger partial charge in [-0.05, 0) is 45.2 Å². The van der Waals surface area contributed by atoms with Gasteiger partial charge in [-0.15, -0.1) is 0 Å². The summed E-state index contributed by atoms with van der Waals surface area (Å²) < 4.78 is 0. The lowest BCUT2D eigenvalue weighted by atomic mass is 9.78. The van der Waals surface area contributed by atoms with E-state index in [1.54, 1.807) is 0 Å². The van der Waals surface area contributed by atoms with Crippen molar-refractivity contribution in [1.29, 1.82) is 0 Å². The van der Waals surface area contributed by atoms with Gasteiger partial charge in [-0.25, -0.2) is 0 Å². The highest BCUT2D eigenvalue weighted by Crippen LogP contribution is 2.31. The van der Waals surface area contributed by atoms with Crippen LogP contribution in [0.5, 0.6) is 0 Å². The molecule has 0 spiro atoms. The minimum Gasteiger partial charge on any atom is -0.392 e. The van der Waals surface area contributed by atoms with Crippen LogP contribution < -0.4 is 11.1 Å². The highest BCUT2D eigenvalue weighted by molar-refractivity contribution is 7.80. The molecule has 122 valence electrons. The maximum atomic E-state index is 12.7. The first-order valence-electron chi connectivity index (χ1n) is 8.23. The smallest absolute Gasteiger partial charge is 0.233 e. The summed E-state index contributed by atoms with van der Waals surface area (Å²) >= 11 is 5.23. The molecule has 0 aliphatic carbocycles. The van der Waals surface area contributed by atoms with Crippen molar-refractivity contribution in [2.45, 2.75) is 52.4 Å². The van der Waals surface area contributed by atoms with E-state index in [4.69, 9.17) is 18.0 Å². The first-order valence-corrected chi connectivity index (χ1v) is 8.63. The Morgan fingerprint density at radius 3 is 2.48 bits per heavy atom. The summed E-state index contributed by atoms with van der Waals surface area (Å²) in [5, 5.41) is 3.13. The van der Waals surface area contributed by atoms with Gasteiger partial charge in [0.15, 0.2) is 0 Å². The van der Waals surface area contributed by atoms with Gasteiger partial charge in [-0.3, -0.25) is 4.79 Å². The highest BCUT2D eigenvalue weighted by Gasteiger charge is 2.39. The number of carbonyl (C=O) groups excluding carboxylic acids is 1. The number of rotatable bonds is 8. The lowest BCUT2D eigenvalue weighted by Crippen LogP contribution is -2.50. The molecule has 4 nitrogen and oxygen atoms in total. The summed E-state index contributed by atoms with van der Waals surface area (Å²) in [5.74, 6) is 0.576. The van der Waals surface area contributed by atoms with Crippen molar-refractivity contribution in [1.82, 2.24) is 10.2 Å². The molecule has 0 saturated carbocycles. The fourth-order valence-corrected chi connectivity index (χ4v) is 3.71. The average Bonchev–Trinajstić information content (AvgIpc) is 2.44. The number of carbonyl (C=O) groups is 1. The number of hydrogen-bond donors (Lipinski definition) is 2. The molecule has 3 N–H and O–H groups in total. The Balaban J connectivity index is 2.65. The number of likely N-dealkylation sites (tertiary alicyclic amines) is 1. The molecule has 1 aliphatic heterocycles. The molecule has 0 aromatic heterocycles. The second kappa shape index (κ2) is 8.69.